The molecule has 10 nitrogen and oxygen atoms in total. The maximum Gasteiger partial charge on any atom is 0.264 e. The predicted molar refractivity (Wildman–Crippen MR) is 191 cm³/mol. The summed E-state index contributed by atoms with van der Waals surface area (Å²) in [4.78, 5) is 30.2. The van der Waals surface area contributed by atoms with Crippen LogP contribution in [0.5, 0.6) is 17.2 Å². The Bertz CT molecular complexity index is 1810. The average molecular weight is 688 g/mol. The topological polar surface area (TPSA) is 114 Å². The number of nitrogens with one attached hydrogen (secondary N) is 1. The van der Waals surface area contributed by atoms with Gasteiger partial charge in [0.1, 0.15) is 18.3 Å². The van der Waals surface area contributed by atoms with Crippen LogP contribution >= 0.6 is 0 Å². The van der Waals surface area contributed by atoms with Crippen LogP contribution in [0.25, 0.3) is 0 Å². The minimum absolute atomic E-state index is 0.00976. The molecule has 0 radical (unpaired) electrons. The molecule has 0 aliphatic heterocycles. The number of ether oxygens (including phenoxy) is 3. The van der Waals surface area contributed by atoms with Gasteiger partial charge in [-0.25, -0.2) is 8.42 Å². The summed E-state index contributed by atoms with van der Waals surface area (Å²) in [5.74, 6) is 0.531. The van der Waals surface area contributed by atoms with Crippen molar-refractivity contribution in [3.05, 3.63) is 114 Å². The van der Waals surface area contributed by atoms with Crippen LogP contribution < -0.4 is 23.8 Å². The molecule has 1 atom stereocenters. The lowest BCUT2D eigenvalue weighted by Crippen LogP contribution is -2.53. The van der Waals surface area contributed by atoms with Crippen LogP contribution in [-0.2, 0) is 32.6 Å². The van der Waals surface area contributed by atoms with E-state index in [-0.39, 0.29) is 35.4 Å². The number of anilines is 1. The lowest BCUT2D eigenvalue weighted by molar-refractivity contribution is -0.140. The van der Waals surface area contributed by atoms with Gasteiger partial charge in [0.25, 0.3) is 10.0 Å². The molecule has 0 heterocycles. The van der Waals surface area contributed by atoms with E-state index in [2.05, 4.69) is 5.32 Å². The summed E-state index contributed by atoms with van der Waals surface area (Å²) in [6, 6.07) is 26.8. The Balaban J connectivity index is 1.85. The van der Waals surface area contributed by atoms with E-state index in [1.807, 2.05) is 57.2 Å². The maximum absolute atomic E-state index is 14.7. The second-order valence-corrected chi connectivity index (χ2v) is 13.9. The highest BCUT2D eigenvalue weighted by Crippen LogP contribution is 2.34. The van der Waals surface area contributed by atoms with Crippen molar-refractivity contribution in [2.45, 2.75) is 44.7 Å². The van der Waals surface area contributed by atoms with Gasteiger partial charge in [0, 0.05) is 25.6 Å². The molecule has 0 unspecified atom stereocenters. The normalized spacial score (nSPS) is 11.8. The zero-order valence-electron chi connectivity index (χ0n) is 28.9. The number of sulfonamides is 1. The number of hydrogen-bond donors (Lipinski definition) is 1. The third kappa shape index (κ3) is 9.54. The van der Waals surface area contributed by atoms with Crippen molar-refractivity contribution in [3.8, 4) is 17.2 Å². The van der Waals surface area contributed by atoms with Crippen LogP contribution in [0, 0.1) is 12.8 Å². The predicted octanol–water partition coefficient (Wildman–Crippen LogP) is 5.63. The van der Waals surface area contributed by atoms with Crippen molar-refractivity contribution < 1.29 is 32.2 Å². The Morgan fingerprint density at radius 2 is 1.45 bits per heavy atom. The third-order valence-electron chi connectivity index (χ3n) is 7.99. The van der Waals surface area contributed by atoms with Crippen molar-refractivity contribution in [2.24, 2.45) is 5.92 Å². The van der Waals surface area contributed by atoms with Gasteiger partial charge in [0.2, 0.25) is 11.8 Å². The number of nitrogens with zero attached hydrogens (tertiary/aromatic N) is 2. The van der Waals surface area contributed by atoms with Crippen LogP contribution in [0.2, 0.25) is 0 Å². The van der Waals surface area contributed by atoms with Gasteiger partial charge in [-0.1, -0.05) is 74.0 Å². The summed E-state index contributed by atoms with van der Waals surface area (Å²) >= 11 is 0. The zero-order valence-corrected chi connectivity index (χ0v) is 29.7. The number of carbonyl (C=O) groups excluding carboxylic acids is 2. The first-order valence-electron chi connectivity index (χ1n) is 16.0. The Hall–Kier alpha value is -5.03. The molecule has 0 fully saturated rings. The lowest BCUT2D eigenvalue weighted by atomic mass is 10.0. The van der Waals surface area contributed by atoms with Gasteiger partial charge >= 0.3 is 0 Å². The van der Waals surface area contributed by atoms with E-state index in [0.29, 0.717) is 29.4 Å². The summed E-state index contributed by atoms with van der Waals surface area (Å²) in [5, 5.41) is 3.00. The van der Waals surface area contributed by atoms with Gasteiger partial charge in [0.15, 0.2) is 11.5 Å². The van der Waals surface area contributed by atoms with Crippen molar-refractivity contribution in [1.29, 1.82) is 0 Å². The summed E-state index contributed by atoms with van der Waals surface area (Å²) < 4.78 is 46.1. The molecule has 0 spiro atoms. The monoisotopic (exact) mass is 687 g/mol. The summed E-state index contributed by atoms with van der Waals surface area (Å²) in [6.07, 6.45) is 0.210. The van der Waals surface area contributed by atoms with E-state index in [0.717, 1.165) is 15.4 Å². The van der Waals surface area contributed by atoms with Crippen molar-refractivity contribution in [2.75, 3.05) is 38.7 Å². The van der Waals surface area contributed by atoms with Gasteiger partial charge < -0.3 is 24.4 Å². The highest BCUT2D eigenvalue weighted by Gasteiger charge is 2.35. The molecule has 0 aliphatic carbocycles. The lowest BCUT2D eigenvalue weighted by Gasteiger charge is -2.34. The highest BCUT2D eigenvalue weighted by atomic mass is 32.2. The van der Waals surface area contributed by atoms with Crippen LogP contribution in [-0.4, -0.2) is 65.6 Å². The molecule has 49 heavy (non-hydrogen) atoms. The van der Waals surface area contributed by atoms with Crippen molar-refractivity contribution in [3.63, 3.8) is 0 Å². The van der Waals surface area contributed by atoms with E-state index in [1.165, 1.54) is 37.3 Å². The third-order valence-corrected chi connectivity index (χ3v) is 9.77. The number of methoxy groups -OCH3 is 3. The van der Waals surface area contributed by atoms with Crippen LogP contribution in [0.15, 0.2) is 102 Å². The Kier molecular flexibility index (Phi) is 12.7. The zero-order chi connectivity index (χ0) is 35.6. The number of carbonyl (C=O) groups is 2. The SMILES string of the molecule is COc1cccc(CN(C(=O)CN(c2ccc(OC)c(OC)c2)S(=O)(=O)c2ccc(C)cc2)[C@H](Cc2ccccc2)C(=O)NCC(C)C)c1. The molecular formula is C38H45N3O7S. The summed E-state index contributed by atoms with van der Waals surface area (Å²) in [5.41, 5.74) is 2.63. The van der Waals surface area contributed by atoms with Gasteiger partial charge in [0.05, 0.1) is 31.9 Å². The van der Waals surface area contributed by atoms with Crippen molar-refractivity contribution >= 4 is 27.5 Å². The molecule has 0 bridgehead atoms. The first-order valence-corrected chi connectivity index (χ1v) is 17.5. The molecule has 0 aliphatic rings. The molecule has 0 aromatic heterocycles. The largest absolute Gasteiger partial charge is 0.497 e. The summed E-state index contributed by atoms with van der Waals surface area (Å²) in [7, 11) is 0.199. The van der Waals surface area contributed by atoms with E-state index in [1.54, 1.807) is 49.6 Å². The van der Waals surface area contributed by atoms with E-state index in [4.69, 9.17) is 14.2 Å². The molecule has 11 heteroatoms. The minimum Gasteiger partial charge on any atom is -0.497 e. The second-order valence-electron chi connectivity index (χ2n) is 12.1. The van der Waals surface area contributed by atoms with Crippen LogP contribution in [0.4, 0.5) is 5.69 Å². The quantitative estimate of drug-likeness (QED) is 0.163. The van der Waals surface area contributed by atoms with E-state index in [9.17, 15) is 18.0 Å². The van der Waals surface area contributed by atoms with Crippen LogP contribution in [0.3, 0.4) is 0 Å². The van der Waals surface area contributed by atoms with Gasteiger partial charge in [-0.15, -0.1) is 0 Å². The second kappa shape index (κ2) is 16.9. The van der Waals surface area contributed by atoms with Gasteiger partial charge in [-0.3, -0.25) is 13.9 Å². The Morgan fingerprint density at radius 3 is 2.08 bits per heavy atom. The number of amides is 2. The first-order chi connectivity index (χ1) is 23.5. The maximum atomic E-state index is 14.7. The average Bonchev–Trinajstić information content (AvgIpc) is 3.11. The van der Waals surface area contributed by atoms with Gasteiger partial charge in [-0.2, -0.15) is 0 Å². The van der Waals surface area contributed by atoms with Crippen LogP contribution in [0.1, 0.15) is 30.5 Å². The van der Waals surface area contributed by atoms with Gasteiger partial charge in [-0.05, 0) is 60.4 Å². The molecule has 260 valence electrons. The standard InChI is InChI=1S/C38H45N3O7S/c1-27(2)24-39-38(43)34(22-29-11-8-7-9-12-29)40(25-30-13-10-14-32(21-30)46-4)37(42)26-41(31-17-20-35(47-5)36(23-31)48-6)49(44,45)33-18-15-28(3)16-19-33/h7-21,23,27,34H,22,24-26H2,1-6H3,(H,39,43)/t34-/m1/s1. The fourth-order valence-corrected chi connectivity index (χ4v) is 6.70. The Labute approximate surface area is 289 Å². The smallest absolute Gasteiger partial charge is 0.264 e. The Morgan fingerprint density at radius 1 is 0.776 bits per heavy atom. The molecule has 4 aromatic carbocycles. The first kappa shape index (κ1) is 36.8. The summed E-state index contributed by atoms with van der Waals surface area (Å²) in [6.45, 7) is 5.67. The molecule has 4 aromatic rings. The van der Waals surface area contributed by atoms with Crippen molar-refractivity contribution in [1.82, 2.24) is 10.2 Å². The van der Waals surface area contributed by atoms with E-state index >= 15 is 0 Å². The van der Waals surface area contributed by atoms with E-state index < -0.39 is 28.5 Å². The molecule has 0 saturated heterocycles. The molecule has 2 amide bonds. The fourth-order valence-electron chi connectivity index (χ4n) is 5.29. The number of hydrogen-bond acceptors (Lipinski definition) is 7. The molecular weight excluding hydrogens is 642 g/mol. The number of benzene rings is 4. The highest BCUT2D eigenvalue weighted by molar-refractivity contribution is 7.92. The fraction of sp³-hybridized carbons (Fsp3) is 0.316. The molecule has 1 N–H and O–H groups in total. The number of rotatable bonds is 16. The molecule has 4 rings (SSSR count). The molecule has 0 saturated carbocycles. The minimum atomic E-state index is -4.28. The number of aryl methyl sites for hydroxylation is 1.